The van der Waals surface area contributed by atoms with Gasteiger partial charge in [-0.15, -0.1) is 0 Å². The number of carbonyl (C=O) groups is 1. The molecule has 20 heavy (non-hydrogen) atoms. The van der Waals surface area contributed by atoms with Gasteiger partial charge in [0.25, 0.3) is 5.91 Å². The lowest BCUT2D eigenvalue weighted by Crippen LogP contribution is -2.45. The summed E-state index contributed by atoms with van der Waals surface area (Å²) in [6.07, 6.45) is 1.92. The van der Waals surface area contributed by atoms with Gasteiger partial charge in [-0.25, -0.2) is 0 Å². The number of amides is 1. The lowest BCUT2D eigenvalue weighted by molar-refractivity contribution is -0.0328. The van der Waals surface area contributed by atoms with Gasteiger partial charge in [0.1, 0.15) is 0 Å². The zero-order valence-electron chi connectivity index (χ0n) is 10.7. The summed E-state index contributed by atoms with van der Waals surface area (Å²) < 4.78 is 36.6. The molecule has 2 N–H and O–H groups in total. The van der Waals surface area contributed by atoms with E-state index in [1.54, 1.807) is 0 Å². The highest BCUT2D eigenvalue weighted by molar-refractivity contribution is 8.00. The first kappa shape index (κ1) is 15.2. The number of carbonyl (C=O) groups excluding carboxylic acids is 1. The molecule has 0 radical (unpaired) electrons. The van der Waals surface area contributed by atoms with Gasteiger partial charge < -0.3 is 10.6 Å². The fourth-order valence-electron chi connectivity index (χ4n) is 2.05. The summed E-state index contributed by atoms with van der Waals surface area (Å²) in [5.74, 6) is -0.248. The molecule has 0 aliphatic carbocycles. The third-order valence-corrected chi connectivity index (χ3v) is 3.72. The average Bonchev–Trinajstić information content (AvgIpc) is 2.39. The van der Waals surface area contributed by atoms with Crippen LogP contribution < -0.4 is 10.6 Å². The Morgan fingerprint density at radius 1 is 1.30 bits per heavy atom. The van der Waals surface area contributed by atoms with E-state index < -0.39 is 5.51 Å². The molecule has 7 heteroatoms. The molecule has 1 aromatic rings. The number of halogens is 3. The monoisotopic (exact) mass is 304 g/mol. The van der Waals surface area contributed by atoms with Crippen LogP contribution in [0.2, 0.25) is 0 Å². The zero-order chi connectivity index (χ0) is 14.6. The topological polar surface area (TPSA) is 41.1 Å². The molecule has 3 nitrogen and oxygen atoms in total. The van der Waals surface area contributed by atoms with Crippen LogP contribution >= 0.6 is 11.8 Å². The van der Waals surface area contributed by atoms with Crippen LogP contribution in [-0.4, -0.2) is 30.5 Å². The smallest absolute Gasteiger partial charge is 0.348 e. The molecule has 0 spiro atoms. The van der Waals surface area contributed by atoms with Crippen molar-refractivity contribution in [2.45, 2.75) is 29.3 Å². The molecular weight excluding hydrogens is 289 g/mol. The van der Waals surface area contributed by atoms with E-state index in [0.717, 1.165) is 25.9 Å². The Labute approximate surface area is 119 Å². The van der Waals surface area contributed by atoms with Crippen molar-refractivity contribution in [3.63, 3.8) is 0 Å². The molecule has 1 unspecified atom stereocenters. The number of rotatable bonds is 3. The number of hydrogen-bond donors (Lipinski definition) is 2. The highest BCUT2D eigenvalue weighted by Gasteiger charge is 2.29. The minimum atomic E-state index is -4.31. The molecule has 1 aliphatic heterocycles. The van der Waals surface area contributed by atoms with Gasteiger partial charge in [0.15, 0.2) is 0 Å². The molecule has 1 aliphatic rings. The van der Waals surface area contributed by atoms with Gasteiger partial charge in [-0.05, 0) is 55.4 Å². The van der Waals surface area contributed by atoms with Crippen molar-refractivity contribution in [2.24, 2.45) is 0 Å². The minimum absolute atomic E-state index is 0.0772. The van der Waals surface area contributed by atoms with Crippen molar-refractivity contribution in [1.29, 1.82) is 0 Å². The maximum Gasteiger partial charge on any atom is 0.446 e. The van der Waals surface area contributed by atoms with Crippen LogP contribution in [0.1, 0.15) is 23.2 Å². The van der Waals surface area contributed by atoms with Gasteiger partial charge in [0, 0.05) is 23.0 Å². The number of piperidine rings is 1. The van der Waals surface area contributed by atoms with Crippen LogP contribution in [0.15, 0.2) is 29.2 Å². The van der Waals surface area contributed by atoms with E-state index >= 15 is 0 Å². The molecule has 1 amide bonds. The Morgan fingerprint density at radius 2 is 2.00 bits per heavy atom. The summed E-state index contributed by atoms with van der Waals surface area (Å²) in [5.41, 5.74) is -3.93. The summed E-state index contributed by atoms with van der Waals surface area (Å²) in [6.45, 7) is 1.68. The van der Waals surface area contributed by atoms with Crippen LogP contribution in [0.4, 0.5) is 13.2 Å². The fourth-order valence-corrected chi connectivity index (χ4v) is 2.59. The molecule has 0 saturated carbocycles. The summed E-state index contributed by atoms with van der Waals surface area (Å²) >= 11 is -0.185. The number of benzene rings is 1. The summed E-state index contributed by atoms with van der Waals surface area (Å²) in [4.78, 5) is 12.0. The Kier molecular flexibility index (Phi) is 4.93. The summed E-state index contributed by atoms with van der Waals surface area (Å²) in [6, 6.07) is 5.54. The van der Waals surface area contributed by atoms with E-state index in [1.807, 2.05) is 0 Å². The quantitative estimate of drug-likeness (QED) is 0.844. The predicted molar refractivity (Wildman–Crippen MR) is 71.7 cm³/mol. The fraction of sp³-hybridized carbons (Fsp3) is 0.462. The molecule has 1 atom stereocenters. The van der Waals surface area contributed by atoms with Gasteiger partial charge in [-0.1, -0.05) is 0 Å². The lowest BCUT2D eigenvalue weighted by Gasteiger charge is -2.23. The van der Waals surface area contributed by atoms with Crippen molar-refractivity contribution in [3.05, 3.63) is 29.8 Å². The molecular formula is C13H15F3N2OS. The predicted octanol–water partition coefficient (Wildman–Crippen LogP) is 2.78. The molecule has 0 bridgehead atoms. The number of hydrogen-bond acceptors (Lipinski definition) is 3. The Morgan fingerprint density at radius 3 is 2.55 bits per heavy atom. The van der Waals surface area contributed by atoms with Crippen LogP contribution in [-0.2, 0) is 0 Å². The molecule has 1 fully saturated rings. The van der Waals surface area contributed by atoms with E-state index in [0.29, 0.717) is 5.56 Å². The SMILES string of the molecule is O=C(NC1CCCNC1)c1ccc(SC(F)(F)F)cc1. The maximum absolute atomic E-state index is 12.2. The lowest BCUT2D eigenvalue weighted by atomic mass is 10.1. The van der Waals surface area contributed by atoms with Crippen LogP contribution in [0, 0.1) is 0 Å². The first-order valence-corrected chi connectivity index (χ1v) is 7.13. The maximum atomic E-state index is 12.2. The molecule has 2 rings (SSSR count). The third kappa shape index (κ3) is 4.72. The van der Waals surface area contributed by atoms with E-state index in [-0.39, 0.29) is 28.6 Å². The molecule has 1 saturated heterocycles. The van der Waals surface area contributed by atoms with Crippen LogP contribution in [0.5, 0.6) is 0 Å². The molecule has 1 aromatic carbocycles. The second-order valence-electron chi connectivity index (χ2n) is 4.59. The third-order valence-electron chi connectivity index (χ3n) is 2.98. The first-order chi connectivity index (χ1) is 9.44. The second kappa shape index (κ2) is 6.49. The Hall–Kier alpha value is -1.21. The van der Waals surface area contributed by atoms with Crippen molar-refractivity contribution >= 4 is 17.7 Å². The molecule has 110 valence electrons. The average molecular weight is 304 g/mol. The van der Waals surface area contributed by atoms with Gasteiger partial charge in [-0.2, -0.15) is 13.2 Å². The van der Waals surface area contributed by atoms with Crippen molar-refractivity contribution in [1.82, 2.24) is 10.6 Å². The first-order valence-electron chi connectivity index (χ1n) is 6.31. The van der Waals surface area contributed by atoms with Crippen molar-refractivity contribution < 1.29 is 18.0 Å². The molecule has 1 heterocycles. The minimum Gasteiger partial charge on any atom is -0.348 e. The van der Waals surface area contributed by atoms with E-state index in [2.05, 4.69) is 10.6 Å². The van der Waals surface area contributed by atoms with E-state index in [1.165, 1.54) is 24.3 Å². The van der Waals surface area contributed by atoms with Gasteiger partial charge in [0.05, 0.1) is 0 Å². The standard InChI is InChI=1S/C13H15F3N2OS/c14-13(15,16)20-11-5-3-9(4-6-11)12(19)18-10-2-1-7-17-8-10/h3-6,10,17H,1-2,7-8H2,(H,18,19). The number of thioether (sulfide) groups is 1. The summed E-state index contributed by atoms with van der Waals surface area (Å²) in [5, 5.41) is 6.06. The van der Waals surface area contributed by atoms with Crippen molar-refractivity contribution in [2.75, 3.05) is 13.1 Å². The van der Waals surface area contributed by atoms with Gasteiger partial charge in [0.2, 0.25) is 0 Å². The highest BCUT2D eigenvalue weighted by atomic mass is 32.2. The molecule has 0 aromatic heterocycles. The summed E-state index contributed by atoms with van der Waals surface area (Å²) in [7, 11) is 0. The Balaban J connectivity index is 1.93. The van der Waals surface area contributed by atoms with Gasteiger partial charge >= 0.3 is 5.51 Å². The van der Waals surface area contributed by atoms with Gasteiger partial charge in [-0.3, -0.25) is 4.79 Å². The van der Waals surface area contributed by atoms with Crippen molar-refractivity contribution in [3.8, 4) is 0 Å². The normalized spacial score (nSPS) is 19.6. The van der Waals surface area contributed by atoms with E-state index in [9.17, 15) is 18.0 Å². The van der Waals surface area contributed by atoms with Crippen LogP contribution in [0.3, 0.4) is 0 Å². The number of alkyl halides is 3. The van der Waals surface area contributed by atoms with E-state index in [4.69, 9.17) is 0 Å². The second-order valence-corrected chi connectivity index (χ2v) is 5.73. The zero-order valence-corrected chi connectivity index (χ0v) is 11.5. The Bertz CT molecular complexity index is 456. The highest BCUT2D eigenvalue weighted by Crippen LogP contribution is 2.36. The number of nitrogens with one attached hydrogen (secondary N) is 2. The van der Waals surface area contributed by atoms with Crippen LogP contribution in [0.25, 0.3) is 0 Å². The largest absolute Gasteiger partial charge is 0.446 e.